The summed E-state index contributed by atoms with van der Waals surface area (Å²) in [7, 11) is 5.19. The Bertz CT molecular complexity index is 482. The van der Waals surface area contributed by atoms with Crippen LogP contribution in [-0.4, -0.2) is 91.6 Å². The van der Waals surface area contributed by atoms with Gasteiger partial charge in [0.2, 0.25) is 0 Å². The van der Waals surface area contributed by atoms with E-state index in [0.717, 1.165) is 13.1 Å². The van der Waals surface area contributed by atoms with E-state index < -0.39 is 0 Å². The second kappa shape index (κ2) is 8.26. The van der Waals surface area contributed by atoms with E-state index in [1.807, 2.05) is 27.7 Å². The van der Waals surface area contributed by atoms with E-state index in [1.54, 1.807) is 35.8 Å². The second-order valence-corrected chi connectivity index (χ2v) is 7.13. The molecule has 3 fully saturated rings. The van der Waals surface area contributed by atoms with Gasteiger partial charge in [0.05, 0.1) is 19.6 Å². The predicted molar refractivity (Wildman–Crippen MR) is 90.3 cm³/mol. The van der Waals surface area contributed by atoms with Crippen molar-refractivity contribution < 1.29 is 28.6 Å². The summed E-state index contributed by atoms with van der Waals surface area (Å²) < 4.78 is 14.5. The van der Waals surface area contributed by atoms with Gasteiger partial charge in [-0.1, -0.05) is 0 Å². The van der Waals surface area contributed by atoms with Gasteiger partial charge >= 0.3 is 18.3 Å². The minimum atomic E-state index is -0.286. The molecule has 0 aromatic carbocycles. The number of ether oxygens (including phenoxy) is 3. The molecule has 2 atom stereocenters. The number of hydrogen-bond acceptors (Lipinski definition) is 6. The topological polar surface area (TPSA) is 88.6 Å². The first-order chi connectivity index (χ1) is 11.4. The van der Waals surface area contributed by atoms with Crippen LogP contribution in [0.4, 0.5) is 14.4 Å². The van der Waals surface area contributed by atoms with Crippen molar-refractivity contribution in [2.75, 3.05) is 40.8 Å². The Balaban J connectivity index is 0.000000188. The number of likely N-dealkylation sites (N-methyl/N-ethyl adjacent to an activating group) is 3. The first-order valence-corrected chi connectivity index (χ1v) is 8.19. The van der Waals surface area contributed by atoms with Gasteiger partial charge in [-0.15, -0.1) is 0 Å². The molecule has 0 N–H and O–H groups in total. The largest absolute Gasteiger partial charge is 0.445 e. The lowest BCUT2D eigenvalue weighted by Gasteiger charge is -2.12. The first kappa shape index (κ1) is 20.9. The highest BCUT2D eigenvalue weighted by atomic mass is 16.6. The zero-order valence-electron chi connectivity index (χ0n) is 16.1. The maximum absolute atomic E-state index is 10.7. The van der Waals surface area contributed by atoms with Gasteiger partial charge in [0.25, 0.3) is 0 Å². The molecular weight excluding hydrogens is 330 g/mol. The summed E-state index contributed by atoms with van der Waals surface area (Å²) in [4.78, 5) is 36.4. The van der Waals surface area contributed by atoms with E-state index in [0.29, 0.717) is 6.54 Å². The fourth-order valence-electron chi connectivity index (χ4n) is 2.50. The van der Waals surface area contributed by atoms with Gasteiger partial charge < -0.3 is 28.9 Å². The number of cyclic esters (lactones) is 3. The summed E-state index contributed by atoms with van der Waals surface area (Å²) in [5, 5.41) is 0. The van der Waals surface area contributed by atoms with Crippen LogP contribution in [0.1, 0.15) is 27.7 Å². The third-order valence-electron chi connectivity index (χ3n) is 3.58. The maximum Gasteiger partial charge on any atom is 0.410 e. The molecule has 9 heteroatoms. The molecule has 0 radical (unpaired) electrons. The molecule has 9 nitrogen and oxygen atoms in total. The summed E-state index contributed by atoms with van der Waals surface area (Å²) in [5.41, 5.74) is -0.286. The molecule has 0 aromatic rings. The predicted octanol–water partition coefficient (Wildman–Crippen LogP) is 1.76. The molecule has 3 aliphatic rings. The van der Waals surface area contributed by atoms with Crippen LogP contribution in [0, 0.1) is 0 Å². The average Bonchev–Trinajstić information content (AvgIpc) is 2.98. The SMILES string of the molecule is CN1CC(C)(C)OC1=O.C[C@@H]1CN(C)C(=O)O1.C[C@H]1CN(C)C(=O)O1. The molecule has 0 unspecified atom stereocenters. The molecule has 25 heavy (non-hydrogen) atoms. The maximum atomic E-state index is 10.7. The Morgan fingerprint density at radius 3 is 1.28 bits per heavy atom. The Kier molecular flexibility index (Phi) is 6.89. The molecule has 0 saturated carbocycles. The van der Waals surface area contributed by atoms with Crippen LogP contribution >= 0.6 is 0 Å². The Morgan fingerprint density at radius 1 is 0.800 bits per heavy atom. The van der Waals surface area contributed by atoms with E-state index >= 15 is 0 Å². The highest BCUT2D eigenvalue weighted by Gasteiger charge is 2.34. The van der Waals surface area contributed by atoms with Crippen LogP contribution in [0.5, 0.6) is 0 Å². The van der Waals surface area contributed by atoms with Crippen LogP contribution < -0.4 is 0 Å². The number of carbonyl (C=O) groups is 3. The van der Waals surface area contributed by atoms with Crippen LogP contribution in [0.3, 0.4) is 0 Å². The van der Waals surface area contributed by atoms with Crippen molar-refractivity contribution in [3.05, 3.63) is 0 Å². The third kappa shape index (κ3) is 6.67. The summed E-state index contributed by atoms with van der Waals surface area (Å²) in [6.07, 6.45) is -0.491. The van der Waals surface area contributed by atoms with Crippen molar-refractivity contribution >= 4 is 18.3 Å². The lowest BCUT2D eigenvalue weighted by Crippen LogP contribution is -2.25. The zero-order chi connectivity index (χ0) is 19.4. The van der Waals surface area contributed by atoms with Crippen molar-refractivity contribution in [2.24, 2.45) is 0 Å². The molecule has 0 aliphatic carbocycles. The van der Waals surface area contributed by atoms with E-state index in [-0.39, 0.29) is 36.1 Å². The molecule has 144 valence electrons. The molecule has 0 spiro atoms. The van der Waals surface area contributed by atoms with Gasteiger partial charge in [-0.2, -0.15) is 0 Å². The fraction of sp³-hybridized carbons (Fsp3) is 0.812. The van der Waals surface area contributed by atoms with Gasteiger partial charge in [0.1, 0.15) is 17.8 Å². The van der Waals surface area contributed by atoms with Crippen molar-refractivity contribution in [1.29, 1.82) is 0 Å². The highest BCUT2D eigenvalue weighted by Crippen LogP contribution is 2.19. The lowest BCUT2D eigenvalue weighted by atomic mass is 10.1. The van der Waals surface area contributed by atoms with E-state index in [2.05, 4.69) is 0 Å². The number of carbonyl (C=O) groups excluding carboxylic acids is 3. The Hall–Kier alpha value is -2.19. The van der Waals surface area contributed by atoms with Crippen LogP contribution in [0.2, 0.25) is 0 Å². The normalized spacial score (nSPS) is 27.0. The summed E-state index contributed by atoms with van der Waals surface area (Å²) in [6.45, 7) is 9.68. The fourth-order valence-corrected chi connectivity index (χ4v) is 2.50. The van der Waals surface area contributed by atoms with E-state index in [9.17, 15) is 14.4 Å². The number of hydrogen-bond donors (Lipinski definition) is 0. The number of rotatable bonds is 0. The van der Waals surface area contributed by atoms with E-state index in [1.165, 1.54) is 0 Å². The van der Waals surface area contributed by atoms with Gasteiger partial charge in [-0.3, -0.25) is 0 Å². The van der Waals surface area contributed by atoms with Crippen LogP contribution in [0.25, 0.3) is 0 Å². The Labute approximate surface area is 148 Å². The van der Waals surface area contributed by atoms with Crippen LogP contribution in [-0.2, 0) is 14.2 Å². The standard InChI is InChI=1S/C6H11NO2.2C5H9NO2/c1-6(2)4-7(3)5(8)9-6;2*1-4-3-6(2)5(7)8-4/h4H2,1-3H3;2*4H,3H2,1-2H3/t;2*4-/m.10/s1. The van der Waals surface area contributed by atoms with Gasteiger partial charge in [-0.25, -0.2) is 14.4 Å². The lowest BCUT2D eigenvalue weighted by molar-refractivity contribution is 0.0861. The number of amides is 3. The molecule has 3 aliphatic heterocycles. The van der Waals surface area contributed by atoms with Crippen molar-refractivity contribution in [1.82, 2.24) is 14.7 Å². The molecular formula is C16H29N3O6. The molecule has 3 saturated heterocycles. The van der Waals surface area contributed by atoms with E-state index in [4.69, 9.17) is 14.2 Å². The highest BCUT2D eigenvalue weighted by molar-refractivity contribution is 5.70. The average molecular weight is 359 g/mol. The molecule has 3 rings (SSSR count). The summed E-state index contributed by atoms with van der Waals surface area (Å²) >= 11 is 0. The summed E-state index contributed by atoms with van der Waals surface area (Å²) in [5.74, 6) is 0. The minimum absolute atomic E-state index is 0.0764. The number of nitrogens with zero attached hydrogens (tertiary/aromatic N) is 3. The van der Waals surface area contributed by atoms with Gasteiger partial charge in [0, 0.05) is 21.1 Å². The molecule has 3 heterocycles. The monoisotopic (exact) mass is 359 g/mol. The van der Waals surface area contributed by atoms with Crippen molar-refractivity contribution in [3.63, 3.8) is 0 Å². The third-order valence-corrected chi connectivity index (χ3v) is 3.58. The molecule has 0 bridgehead atoms. The summed E-state index contributed by atoms with van der Waals surface area (Å²) in [6, 6.07) is 0. The molecule has 3 amide bonds. The van der Waals surface area contributed by atoms with Crippen LogP contribution in [0.15, 0.2) is 0 Å². The Morgan fingerprint density at radius 2 is 1.20 bits per heavy atom. The van der Waals surface area contributed by atoms with Gasteiger partial charge in [0.15, 0.2) is 0 Å². The zero-order valence-corrected chi connectivity index (χ0v) is 16.1. The second-order valence-electron chi connectivity index (χ2n) is 7.13. The smallest absolute Gasteiger partial charge is 0.410 e. The quantitative estimate of drug-likeness (QED) is 0.612. The first-order valence-electron chi connectivity index (χ1n) is 8.19. The minimum Gasteiger partial charge on any atom is -0.445 e. The van der Waals surface area contributed by atoms with Crippen molar-refractivity contribution in [2.45, 2.75) is 45.5 Å². The molecule has 0 aromatic heterocycles. The van der Waals surface area contributed by atoms with Gasteiger partial charge in [-0.05, 0) is 27.7 Å². The van der Waals surface area contributed by atoms with Crippen molar-refractivity contribution in [3.8, 4) is 0 Å².